The van der Waals surface area contributed by atoms with Gasteiger partial charge in [0.1, 0.15) is 18.0 Å². The largest absolute Gasteiger partial charge is 0.375 e. The summed E-state index contributed by atoms with van der Waals surface area (Å²) in [6, 6.07) is 10.7. The summed E-state index contributed by atoms with van der Waals surface area (Å²) >= 11 is 6.33. The van der Waals surface area contributed by atoms with Gasteiger partial charge in [0.05, 0.1) is 19.3 Å². The molecule has 0 amide bonds. The fourth-order valence-corrected chi connectivity index (χ4v) is 4.05. The molecule has 138 valence electrons. The Morgan fingerprint density at radius 3 is 2.62 bits per heavy atom. The van der Waals surface area contributed by atoms with Gasteiger partial charge in [0.2, 0.25) is 0 Å². The summed E-state index contributed by atoms with van der Waals surface area (Å²) in [6.45, 7) is 7.56. The molecule has 2 aromatic carbocycles. The van der Waals surface area contributed by atoms with Crippen molar-refractivity contribution in [2.24, 2.45) is 0 Å². The molecule has 4 rings (SSSR count). The van der Waals surface area contributed by atoms with Crippen molar-refractivity contribution >= 4 is 17.3 Å². The van der Waals surface area contributed by atoms with Crippen molar-refractivity contribution in [1.29, 1.82) is 0 Å². The van der Waals surface area contributed by atoms with E-state index in [4.69, 9.17) is 21.1 Å². The van der Waals surface area contributed by atoms with E-state index in [2.05, 4.69) is 38.2 Å². The van der Waals surface area contributed by atoms with Gasteiger partial charge in [-0.25, -0.2) is 4.39 Å². The number of hydrogen-bond donors (Lipinski definition) is 1. The predicted octanol–water partition coefficient (Wildman–Crippen LogP) is 5.40. The Hall–Kier alpha value is -1.62. The summed E-state index contributed by atoms with van der Waals surface area (Å²) in [5.41, 5.74) is 3.69. The number of rotatable bonds is 1. The quantitative estimate of drug-likeness (QED) is 0.723. The minimum Gasteiger partial charge on any atom is -0.375 e. The van der Waals surface area contributed by atoms with Crippen LogP contribution in [-0.2, 0) is 14.9 Å². The number of ether oxygens (including phenoxy) is 2. The maximum Gasteiger partial charge on any atom is 0.130 e. The van der Waals surface area contributed by atoms with Gasteiger partial charge in [-0.3, -0.25) is 0 Å². The van der Waals surface area contributed by atoms with Crippen molar-refractivity contribution < 1.29 is 13.9 Å². The van der Waals surface area contributed by atoms with Crippen LogP contribution in [0.2, 0.25) is 5.02 Å². The highest BCUT2D eigenvalue weighted by molar-refractivity contribution is 6.31. The van der Waals surface area contributed by atoms with E-state index < -0.39 is 6.04 Å². The molecule has 2 aliphatic heterocycles. The lowest BCUT2D eigenvalue weighted by Crippen LogP contribution is -2.43. The first-order chi connectivity index (χ1) is 12.4. The molecule has 3 atom stereocenters. The standard InChI is InChI=1S/C21H23ClFNO2/c1-21(2,3)12-7-8-16-13(11-12)19-20(26-10-9-25-19)18(24-16)17-14(22)5-4-6-15(17)23/h4-8,11,18-20,24H,9-10H2,1-3H3. The Balaban J connectivity index is 1.82. The highest BCUT2D eigenvalue weighted by atomic mass is 35.5. The molecule has 1 saturated heterocycles. The van der Waals surface area contributed by atoms with Crippen LogP contribution in [0.5, 0.6) is 0 Å². The van der Waals surface area contributed by atoms with Gasteiger partial charge in [-0.1, -0.05) is 50.6 Å². The van der Waals surface area contributed by atoms with E-state index in [1.807, 2.05) is 6.07 Å². The molecular weight excluding hydrogens is 353 g/mol. The van der Waals surface area contributed by atoms with Crippen molar-refractivity contribution in [1.82, 2.24) is 0 Å². The van der Waals surface area contributed by atoms with Crippen molar-refractivity contribution in [3.05, 3.63) is 63.9 Å². The van der Waals surface area contributed by atoms with Gasteiger partial charge < -0.3 is 14.8 Å². The summed E-state index contributed by atoms with van der Waals surface area (Å²) in [4.78, 5) is 0. The van der Waals surface area contributed by atoms with Crippen molar-refractivity contribution in [2.75, 3.05) is 18.5 Å². The van der Waals surface area contributed by atoms with Crippen LogP contribution < -0.4 is 5.32 Å². The molecule has 2 aromatic rings. The van der Waals surface area contributed by atoms with Gasteiger partial charge in [0, 0.05) is 21.8 Å². The molecule has 1 fully saturated rings. The van der Waals surface area contributed by atoms with Crippen molar-refractivity contribution in [2.45, 2.75) is 44.4 Å². The molecular formula is C21H23ClFNO2. The zero-order valence-electron chi connectivity index (χ0n) is 15.2. The maximum atomic E-state index is 14.6. The van der Waals surface area contributed by atoms with E-state index >= 15 is 0 Å². The van der Waals surface area contributed by atoms with E-state index in [1.54, 1.807) is 12.1 Å². The SMILES string of the molecule is CC(C)(C)c1ccc2c(c1)C1OCCOC1C(c1c(F)cccc1Cl)N2. The third kappa shape index (κ3) is 3.00. The molecule has 26 heavy (non-hydrogen) atoms. The van der Waals surface area contributed by atoms with Crippen LogP contribution in [0.3, 0.4) is 0 Å². The molecule has 2 aliphatic rings. The molecule has 2 heterocycles. The molecule has 1 N–H and O–H groups in total. The summed E-state index contributed by atoms with van der Waals surface area (Å²) in [5.74, 6) is -0.335. The lowest BCUT2D eigenvalue weighted by atomic mass is 9.82. The van der Waals surface area contributed by atoms with Crippen molar-refractivity contribution in [3.8, 4) is 0 Å². The van der Waals surface area contributed by atoms with E-state index in [-0.39, 0.29) is 23.4 Å². The molecule has 0 radical (unpaired) electrons. The number of anilines is 1. The van der Waals surface area contributed by atoms with Gasteiger partial charge in [-0.2, -0.15) is 0 Å². The Labute approximate surface area is 158 Å². The fourth-order valence-electron chi connectivity index (χ4n) is 3.77. The second-order valence-corrected chi connectivity index (χ2v) is 8.34. The zero-order valence-corrected chi connectivity index (χ0v) is 15.9. The number of nitrogens with one attached hydrogen (secondary N) is 1. The van der Waals surface area contributed by atoms with Crippen LogP contribution in [0.25, 0.3) is 0 Å². The molecule has 3 unspecified atom stereocenters. The molecule has 0 bridgehead atoms. The second kappa shape index (κ2) is 6.52. The van der Waals surface area contributed by atoms with Crippen LogP contribution in [0, 0.1) is 5.82 Å². The Morgan fingerprint density at radius 2 is 1.88 bits per heavy atom. The zero-order chi connectivity index (χ0) is 18.5. The molecule has 5 heteroatoms. The van der Waals surface area contributed by atoms with Gasteiger partial charge in [-0.05, 0) is 29.2 Å². The summed E-state index contributed by atoms with van der Waals surface area (Å²) in [5, 5.41) is 3.84. The first-order valence-corrected chi connectivity index (χ1v) is 9.32. The van der Waals surface area contributed by atoms with Crippen LogP contribution in [0.1, 0.15) is 49.6 Å². The minimum absolute atomic E-state index is 0.0335. The number of fused-ring (bicyclic) bond motifs is 3. The molecule has 0 saturated carbocycles. The average Bonchev–Trinajstić information content (AvgIpc) is 2.60. The maximum absolute atomic E-state index is 14.6. The molecule has 0 spiro atoms. The first kappa shape index (κ1) is 17.8. The second-order valence-electron chi connectivity index (χ2n) is 7.94. The van der Waals surface area contributed by atoms with Crippen molar-refractivity contribution in [3.63, 3.8) is 0 Å². The highest BCUT2D eigenvalue weighted by Crippen LogP contribution is 2.46. The lowest BCUT2D eigenvalue weighted by Gasteiger charge is -2.43. The number of hydrogen-bond acceptors (Lipinski definition) is 3. The van der Waals surface area contributed by atoms with E-state index in [1.165, 1.54) is 11.6 Å². The van der Waals surface area contributed by atoms with Crippen LogP contribution in [0.15, 0.2) is 36.4 Å². The summed E-state index contributed by atoms with van der Waals surface area (Å²) < 4.78 is 26.7. The van der Waals surface area contributed by atoms with Crippen LogP contribution >= 0.6 is 11.6 Å². The first-order valence-electron chi connectivity index (χ1n) is 8.94. The summed E-state index contributed by atoms with van der Waals surface area (Å²) in [7, 11) is 0. The monoisotopic (exact) mass is 375 g/mol. The molecule has 0 aliphatic carbocycles. The van der Waals surface area contributed by atoms with Gasteiger partial charge in [0.25, 0.3) is 0 Å². The fraction of sp³-hybridized carbons (Fsp3) is 0.429. The third-order valence-corrected chi connectivity index (χ3v) is 5.49. The smallest absolute Gasteiger partial charge is 0.130 e. The summed E-state index contributed by atoms with van der Waals surface area (Å²) in [6.07, 6.45) is -0.580. The van der Waals surface area contributed by atoms with Gasteiger partial charge >= 0.3 is 0 Å². The van der Waals surface area contributed by atoms with E-state index in [9.17, 15) is 4.39 Å². The van der Waals surface area contributed by atoms with E-state index in [0.717, 1.165) is 11.3 Å². The average molecular weight is 376 g/mol. The Morgan fingerprint density at radius 1 is 1.12 bits per heavy atom. The highest BCUT2D eigenvalue weighted by Gasteiger charge is 2.43. The molecule has 0 aromatic heterocycles. The predicted molar refractivity (Wildman–Crippen MR) is 101 cm³/mol. The van der Waals surface area contributed by atoms with E-state index in [0.29, 0.717) is 23.8 Å². The Bertz CT molecular complexity index is 813. The number of benzene rings is 2. The molecule has 3 nitrogen and oxygen atoms in total. The minimum atomic E-state index is -0.401. The normalized spacial score (nSPS) is 25.2. The topological polar surface area (TPSA) is 30.5 Å². The Kier molecular flexibility index (Phi) is 4.46. The lowest BCUT2D eigenvalue weighted by molar-refractivity contribution is -0.151. The van der Waals surface area contributed by atoms with Crippen LogP contribution in [-0.4, -0.2) is 19.3 Å². The van der Waals surface area contributed by atoms with Crippen LogP contribution in [0.4, 0.5) is 10.1 Å². The van der Waals surface area contributed by atoms with Gasteiger partial charge in [-0.15, -0.1) is 0 Å². The van der Waals surface area contributed by atoms with Gasteiger partial charge in [0.15, 0.2) is 0 Å². The number of halogens is 2. The third-order valence-electron chi connectivity index (χ3n) is 5.16.